The minimum Gasteiger partial charge on any atom is -0.207 e. The largest absolute Gasteiger partial charge is 0.253 e. The molecule has 4 heteroatoms. The molecule has 1 rings (SSSR count). The highest BCUT2D eigenvalue weighted by Gasteiger charge is 2.46. The van der Waals surface area contributed by atoms with Gasteiger partial charge in [-0.25, -0.2) is 8.78 Å². The summed E-state index contributed by atoms with van der Waals surface area (Å²) in [5.41, 5.74) is -2.44. The molecule has 0 radical (unpaired) electrons. The Morgan fingerprint density at radius 1 is 0.941 bits per heavy atom. The van der Waals surface area contributed by atoms with Crippen LogP contribution in [0.25, 0.3) is 0 Å². The summed E-state index contributed by atoms with van der Waals surface area (Å²) in [5.74, 6) is 0. The number of halogens is 2. The van der Waals surface area contributed by atoms with Crippen molar-refractivity contribution in [2.45, 2.75) is 44.8 Å². The van der Waals surface area contributed by atoms with Gasteiger partial charge in [-0.05, 0) is 0 Å². The second-order valence-electron chi connectivity index (χ2n) is 6.66. The molecule has 0 atom stereocenters. The molecule has 96 valence electrons. The Morgan fingerprint density at radius 3 is 1.88 bits per heavy atom. The Morgan fingerprint density at radius 2 is 1.47 bits per heavy atom. The maximum absolute atomic E-state index is 14.3. The summed E-state index contributed by atoms with van der Waals surface area (Å²) in [6, 6.07) is 7.05. The molecule has 0 aliphatic carbocycles. The zero-order valence-corrected chi connectivity index (χ0v) is 13.6. The van der Waals surface area contributed by atoms with E-state index < -0.39 is 21.7 Å². The summed E-state index contributed by atoms with van der Waals surface area (Å²) in [6.45, 7) is 11.7. The van der Waals surface area contributed by atoms with E-state index in [4.69, 9.17) is 0 Å². The van der Waals surface area contributed by atoms with Crippen molar-refractivity contribution in [2.75, 3.05) is 0 Å². The molecule has 0 fully saturated rings. The average Bonchev–Trinajstić information content (AvgIpc) is 2.15. The molecule has 0 aliphatic rings. The second-order valence-corrected chi connectivity index (χ2v) is 16.9. The first-order valence-corrected chi connectivity index (χ1v) is 12.9. The summed E-state index contributed by atoms with van der Waals surface area (Å²) in [5, 5.41) is 1.10. The van der Waals surface area contributed by atoms with Crippen LogP contribution in [0.5, 0.6) is 0 Å². The van der Waals surface area contributed by atoms with E-state index in [1.54, 1.807) is 37.8 Å². The van der Waals surface area contributed by atoms with Crippen molar-refractivity contribution in [2.24, 2.45) is 0 Å². The Bertz CT molecular complexity index is 401. The lowest BCUT2D eigenvalue weighted by atomic mass is 10.2. The van der Waals surface area contributed by atoms with Crippen molar-refractivity contribution < 1.29 is 8.78 Å². The fourth-order valence-corrected chi connectivity index (χ4v) is 3.82. The van der Waals surface area contributed by atoms with E-state index in [2.05, 4.69) is 19.6 Å². The van der Waals surface area contributed by atoms with Crippen LogP contribution in [-0.2, 0) is 5.55 Å². The molecule has 0 N–H and O–H groups in total. The van der Waals surface area contributed by atoms with Gasteiger partial charge in [-0.1, -0.05) is 68.7 Å². The Hall–Kier alpha value is -0.486. The van der Waals surface area contributed by atoms with Crippen LogP contribution in [0.1, 0.15) is 5.56 Å². The fourth-order valence-electron chi connectivity index (χ4n) is 1.61. The molecule has 0 amide bonds. The van der Waals surface area contributed by atoms with E-state index in [0.29, 0.717) is 0 Å². The first-order valence-electron chi connectivity index (χ1n) is 5.95. The van der Waals surface area contributed by atoms with Crippen LogP contribution in [-0.4, -0.2) is 16.1 Å². The monoisotopic (exact) mass is 272 g/mol. The quantitative estimate of drug-likeness (QED) is 0.723. The molecule has 1 aromatic rings. The molecule has 0 saturated heterocycles. The van der Waals surface area contributed by atoms with Crippen LogP contribution in [0.15, 0.2) is 24.3 Å². The van der Waals surface area contributed by atoms with Crippen molar-refractivity contribution >= 4 is 21.3 Å². The zero-order chi connectivity index (χ0) is 13.5. The smallest absolute Gasteiger partial charge is 0.207 e. The van der Waals surface area contributed by atoms with E-state index in [1.807, 2.05) is 6.07 Å². The minimum absolute atomic E-state index is 0.205. The lowest BCUT2D eigenvalue weighted by Crippen LogP contribution is -2.44. The van der Waals surface area contributed by atoms with Crippen LogP contribution in [0.2, 0.25) is 39.3 Å². The van der Waals surface area contributed by atoms with Gasteiger partial charge in [0, 0.05) is 5.56 Å². The molecule has 0 heterocycles. The maximum Gasteiger partial charge on any atom is 0.253 e. The Balaban J connectivity index is 3.26. The molecule has 0 spiro atoms. The van der Waals surface area contributed by atoms with Crippen LogP contribution in [0.4, 0.5) is 8.78 Å². The topological polar surface area (TPSA) is 0 Å². The van der Waals surface area contributed by atoms with E-state index >= 15 is 0 Å². The molecular weight excluding hydrogens is 250 g/mol. The summed E-state index contributed by atoms with van der Waals surface area (Å²) in [4.78, 5) is 0. The summed E-state index contributed by atoms with van der Waals surface area (Å²) < 4.78 is 28.6. The molecular formula is C13H22F2Si2. The molecule has 0 nitrogen and oxygen atoms in total. The van der Waals surface area contributed by atoms with Gasteiger partial charge in [-0.2, -0.15) is 0 Å². The number of rotatable bonds is 3. The van der Waals surface area contributed by atoms with Crippen molar-refractivity contribution in [3.8, 4) is 0 Å². The molecule has 0 bridgehead atoms. The molecule has 17 heavy (non-hydrogen) atoms. The molecule has 0 aromatic heterocycles. The second kappa shape index (κ2) is 4.32. The van der Waals surface area contributed by atoms with E-state index in [0.717, 1.165) is 5.19 Å². The summed E-state index contributed by atoms with van der Waals surface area (Å²) in [6.07, 6.45) is 0. The van der Waals surface area contributed by atoms with Gasteiger partial charge in [0.2, 0.25) is 0 Å². The third-order valence-electron chi connectivity index (χ3n) is 3.03. The van der Waals surface area contributed by atoms with Crippen LogP contribution in [0, 0.1) is 0 Å². The normalized spacial score (nSPS) is 13.9. The van der Waals surface area contributed by atoms with E-state index in [-0.39, 0.29) is 5.56 Å². The Kier molecular flexibility index (Phi) is 3.70. The van der Waals surface area contributed by atoms with Gasteiger partial charge in [0.15, 0.2) is 0 Å². The van der Waals surface area contributed by atoms with Gasteiger partial charge in [0.1, 0.15) is 8.07 Å². The average molecular weight is 272 g/mol. The Labute approximate surface area is 105 Å². The SMILES string of the molecule is C[Si](C)(C)c1cccc(C(F)(F)[Si](C)(C)C)c1. The van der Waals surface area contributed by atoms with Gasteiger partial charge in [-0.3, -0.25) is 0 Å². The van der Waals surface area contributed by atoms with Crippen LogP contribution < -0.4 is 5.19 Å². The van der Waals surface area contributed by atoms with Gasteiger partial charge >= 0.3 is 0 Å². The lowest BCUT2D eigenvalue weighted by Gasteiger charge is -2.30. The predicted octanol–water partition coefficient (Wildman–Crippen LogP) is 4.20. The predicted molar refractivity (Wildman–Crippen MR) is 76.7 cm³/mol. The first kappa shape index (κ1) is 14.6. The summed E-state index contributed by atoms with van der Waals surface area (Å²) in [7, 11) is -4.05. The lowest BCUT2D eigenvalue weighted by molar-refractivity contribution is 0.0796. The van der Waals surface area contributed by atoms with Crippen molar-refractivity contribution in [1.29, 1.82) is 0 Å². The molecule has 0 saturated carbocycles. The van der Waals surface area contributed by atoms with Gasteiger partial charge in [0.25, 0.3) is 5.55 Å². The summed E-state index contributed by atoms with van der Waals surface area (Å²) >= 11 is 0. The van der Waals surface area contributed by atoms with Gasteiger partial charge in [0.05, 0.1) is 8.07 Å². The molecule has 0 unspecified atom stereocenters. The highest BCUT2D eigenvalue weighted by molar-refractivity contribution is 6.88. The highest BCUT2D eigenvalue weighted by atomic mass is 28.3. The third kappa shape index (κ3) is 3.04. The third-order valence-corrected chi connectivity index (χ3v) is 7.25. The van der Waals surface area contributed by atoms with Crippen LogP contribution in [0.3, 0.4) is 0 Å². The number of hydrogen-bond donors (Lipinski definition) is 0. The van der Waals surface area contributed by atoms with E-state index in [9.17, 15) is 8.78 Å². The van der Waals surface area contributed by atoms with Crippen molar-refractivity contribution in [3.63, 3.8) is 0 Å². The minimum atomic E-state index is -2.65. The van der Waals surface area contributed by atoms with Crippen LogP contribution >= 0.6 is 0 Å². The number of hydrogen-bond acceptors (Lipinski definition) is 0. The van der Waals surface area contributed by atoms with E-state index in [1.165, 1.54) is 0 Å². The van der Waals surface area contributed by atoms with Crippen molar-refractivity contribution in [3.05, 3.63) is 29.8 Å². The first-order chi connectivity index (χ1) is 7.46. The fraction of sp³-hybridized carbons (Fsp3) is 0.538. The highest BCUT2D eigenvalue weighted by Crippen LogP contribution is 2.37. The molecule has 0 aliphatic heterocycles. The van der Waals surface area contributed by atoms with Crippen molar-refractivity contribution in [1.82, 2.24) is 0 Å². The maximum atomic E-state index is 14.3. The van der Waals surface area contributed by atoms with Gasteiger partial charge in [-0.15, -0.1) is 0 Å². The zero-order valence-electron chi connectivity index (χ0n) is 11.6. The number of alkyl halides is 2. The van der Waals surface area contributed by atoms with Gasteiger partial charge < -0.3 is 0 Å². The number of benzene rings is 1. The standard InChI is InChI=1S/C13H22F2Si2/c1-16(2,3)12-9-7-8-11(10-12)13(14,15)17(4,5)6/h7-10H,1-6H3. The molecule has 1 aromatic carbocycles.